The highest BCUT2D eigenvalue weighted by Crippen LogP contribution is 2.19. The molecule has 31 heavy (non-hydrogen) atoms. The highest BCUT2D eigenvalue weighted by Gasteiger charge is 2.21. The Hall–Kier alpha value is -3.04. The lowest BCUT2D eigenvalue weighted by atomic mass is 10.1. The van der Waals surface area contributed by atoms with Gasteiger partial charge in [0.1, 0.15) is 6.54 Å². The van der Waals surface area contributed by atoms with Crippen molar-refractivity contribution in [1.29, 1.82) is 0 Å². The summed E-state index contributed by atoms with van der Waals surface area (Å²) in [6, 6.07) is 13.1. The maximum atomic E-state index is 12.6. The van der Waals surface area contributed by atoms with Crippen LogP contribution < -0.4 is 10.9 Å². The second-order valence-electron chi connectivity index (χ2n) is 7.14. The summed E-state index contributed by atoms with van der Waals surface area (Å²) in [5, 5.41) is 3.29. The van der Waals surface area contributed by atoms with Gasteiger partial charge in [0.2, 0.25) is 15.9 Å². The van der Waals surface area contributed by atoms with Crippen LogP contribution in [0.2, 0.25) is 0 Å². The first-order valence-electron chi connectivity index (χ1n) is 10.1. The van der Waals surface area contributed by atoms with Gasteiger partial charge >= 0.3 is 0 Å². The molecule has 1 amide bonds. The summed E-state index contributed by atoms with van der Waals surface area (Å²) in [6.45, 7) is 6.03. The van der Waals surface area contributed by atoms with Gasteiger partial charge in [-0.3, -0.25) is 14.2 Å². The average molecular weight is 443 g/mol. The molecule has 0 aliphatic rings. The van der Waals surface area contributed by atoms with Gasteiger partial charge in [-0.15, -0.1) is 0 Å². The van der Waals surface area contributed by atoms with E-state index in [1.807, 2.05) is 0 Å². The molecule has 1 atom stereocenters. The molecule has 0 fully saturated rings. The molecule has 0 aliphatic heterocycles. The SMILES string of the molecule is CCN(CC)S(=O)(=O)c1ccc(C(C)NC(=O)Cn2cnc3ccccc3c2=O)cc1. The van der Waals surface area contributed by atoms with Crippen molar-refractivity contribution >= 4 is 26.8 Å². The Bertz CT molecular complexity index is 1230. The predicted molar refractivity (Wildman–Crippen MR) is 119 cm³/mol. The highest BCUT2D eigenvalue weighted by molar-refractivity contribution is 7.89. The van der Waals surface area contributed by atoms with Gasteiger partial charge in [0.05, 0.1) is 28.2 Å². The summed E-state index contributed by atoms with van der Waals surface area (Å²) in [4.78, 5) is 29.4. The summed E-state index contributed by atoms with van der Waals surface area (Å²) in [6.07, 6.45) is 1.36. The van der Waals surface area contributed by atoms with Crippen LogP contribution in [0.25, 0.3) is 10.9 Å². The Morgan fingerprint density at radius 2 is 1.74 bits per heavy atom. The van der Waals surface area contributed by atoms with Gasteiger partial charge in [-0.25, -0.2) is 13.4 Å². The number of para-hydroxylation sites is 1. The van der Waals surface area contributed by atoms with E-state index in [1.54, 1.807) is 69.3 Å². The van der Waals surface area contributed by atoms with Crippen LogP contribution in [0.15, 0.2) is 64.5 Å². The molecule has 0 saturated heterocycles. The van der Waals surface area contributed by atoms with Crippen LogP contribution in [-0.4, -0.2) is 41.3 Å². The number of aromatic nitrogens is 2. The van der Waals surface area contributed by atoms with Crippen LogP contribution >= 0.6 is 0 Å². The lowest BCUT2D eigenvalue weighted by Crippen LogP contribution is -2.34. The Morgan fingerprint density at radius 3 is 2.39 bits per heavy atom. The number of hydrogen-bond donors (Lipinski definition) is 1. The summed E-state index contributed by atoms with van der Waals surface area (Å²) >= 11 is 0. The maximum Gasteiger partial charge on any atom is 0.261 e. The van der Waals surface area contributed by atoms with Gasteiger partial charge in [0, 0.05) is 13.1 Å². The summed E-state index contributed by atoms with van der Waals surface area (Å²) in [7, 11) is -3.53. The number of nitrogens with one attached hydrogen (secondary N) is 1. The first kappa shape index (κ1) is 22.6. The molecule has 3 rings (SSSR count). The molecule has 3 aromatic rings. The van der Waals surface area contributed by atoms with Crippen molar-refractivity contribution in [3.05, 3.63) is 70.8 Å². The molecule has 1 unspecified atom stereocenters. The van der Waals surface area contributed by atoms with Crippen LogP contribution in [0.5, 0.6) is 0 Å². The van der Waals surface area contributed by atoms with E-state index in [4.69, 9.17) is 0 Å². The van der Waals surface area contributed by atoms with Gasteiger partial charge in [-0.1, -0.05) is 38.1 Å². The minimum Gasteiger partial charge on any atom is -0.348 e. The molecular weight excluding hydrogens is 416 g/mol. The third-order valence-electron chi connectivity index (χ3n) is 5.15. The largest absolute Gasteiger partial charge is 0.348 e. The van der Waals surface area contributed by atoms with Crippen molar-refractivity contribution in [1.82, 2.24) is 19.2 Å². The van der Waals surface area contributed by atoms with E-state index in [0.29, 0.717) is 24.0 Å². The molecule has 1 N–H and O–H groups in total. The zero-order chi connectivity index (χ0) is 22.6. The molecule has 9 heteroatoms. The van der Waals surface area contributed by atoms with Crippen molar-refractivity contribution in [2.24, 2.45) is 0 Å². The molecule has 2 aromatic carbocycles. The average Bonchev–Trinajstić information content (AvgIpc) is 2.76. The first-order valence-corrected chi connectivity index (χ1v) is 11.6. The van der Waals surface area contributed by atoms with E-state index in [0.717, 1.165) is 5.56 Å². The normalized spacial score (nSPS) is 12.8. The Kier molecular flexibility index (Phi) is 6.87. The fourth-order valence-electron chi connectivity index (χ4n) is 3.38. The third kappa shape index (κ3) is 4.83. The molecular formula is C22H26N4O4S. The summed E-state index contributed by atoms with van der Waals surface area (Å²) in [5.74, 6) is -0.341. The molecule has 164 valence electrons. The van der Waals surface area contributed by atoms with E-state index in [9.17, 15) is 18.0 Å². The van der Waals surface area contributed by atoms with Crippen molar-refractivity contribution in [3.63, 3.8) is 0 Å². The minimum absolute atomic E-state index is 0.157. The van der Waals surface area contributed by atoms with Crippen LogP contribution in [0.1, 0.15) is 32.4 Å². The minimum atomic E-state index is -3.53. The number of benzene rings is 2. The number of fused-ring (bicyclic) bond motifs is 1. The van der Waals surface area contributed by atoms with E-state index in [2.05, 4.69) is 10.3 Å². The van der Waals surface area contributed by atoms with Crippen LogP contribution in [0.3, 0.4) is 0 Å². The fourth-order valence-corrected chi connectivity index (χ4v) is 4.84. The van der Waals surface area contributed by atoms with Crippen LogP contribution in [0, 0.1) is 0 Å². The van der Waals surface area contributed by atoms with Crippen molar-refractivity contribution in [2.75, 3.05) is 13.1 Å². The Morgan fingerprint density at radius 1 is 1.10 bits per heavy atom. The number of rotatable bonds is 8. The summed E-state index contributed by atoms with van der Waals surface area (Å²) < 4.78 is 27.9. The number of sulfonamides is 1. The lowest BCUT2D eigenvalue weighted by Gasteiger charge is -2.19. The van der Waals surface area contributed by atoms with Gasteiger partial charge < -0.3 is 5.32 Å². The lowest BCUT2D eigenvalue weighted by molar-refractivity contribution is -0.122. The number of carbonyl (C=O) groups excluding carboxylic acids is 1. The zero-order valence-electron chi connectivity index (χ0n) is 17.8. The van der Waals surface area contributed by atoms with E-state index >= 15 is 0 Å². The van der Waals surface area contributed by atoms with Gasteiger partial charge in [-0.05, 0) is 36.8 Å². The maximum absolute atomic E-state index is 12.6. The molecule has 8 nitrogen and oxygen atoms in total. The molecule has 0 radical (unpaired) electrons. The Balaban J connectivity index is 1.70. The monoisotopic (exact) mass is 442 g/mol. The van der Waals surface area contributed by atoms with Crippen LogP contribution in [0.4, 0.5) is 0 Å². The van der Waals surface area contributed by atoms with E-state index in [1.165, 1.54) is 15.2 Å². The third-order valence-corrected chi connectivity index (χ3v) is 7.21. The summed E-state index contributed by atoms with van der Waals surface area (Å²) in [5.41, 5.74) is 1.06. The number of amides is 1. The van der Waals surface area contributed by atoms with Gasteiger partial charge in [0.15, 0.2) is 0 Å². The smallest absolute Gasteiger partial charge is 0.261 e. The van der Waals surface area contributed by atoms with Gasteiger partial charge in [-0.2, -0.15) is 4.31 Å². The topological polar surface area (TPSA) is 101 Å². The van der Waals surface area contributed by atoms with Crippen LogP contribution in [-0.2, 0) is 21.4 Å². The molecule has 1 aromatic heterocycles. The standard InChI is InChI=1S/C22H26N4O4S/c1-4-26(5-2)31(29,30)18-12-10-17(11-13-18)16(3)24-21(27)14-25-15-23-20-9-7-6-8-19(20)22(25)28/h6-13,15-16H,4-5,14H2,1-3H3,(H,24,27). The number of nitrogens with zero attached hydrogens (tertiary/aromatic N) is 3. The quantitative estimate of drug-likeness (QED) is 0.577. The predicted octanol–water partition coefficient (Wildman–Crippen LogP) is 2.30. The van der Waals surface area contributed by atoms with Crippen molar-refractivity contribution < 1.29 is 13.2 Å². The molecule has 0 aliphatic carbocycles. The fraction of sp³-hybridized carbons (Fsp3) is 0.318. The molecule has 0 spiro atoms. The number of carbonyl (C=O) groups is 1. The Labute approximate surface area is 181 Å². The highest BCUT2D eigenvalue weighted by atomic mass is 32.2. The first-order chi connectivity index (χ1) is 14.8. The molecule has 0 saturated carbocycles. The second kappa shape index (κ2) is 9.40. The molecule has 0 bridgehead atoms. The molecule has 1 heterocycles. The van der Waals surface area contributed by atoms with E-state index in [-0.39, 0.29) is 28.9 Å². The van der Waals surface area contributed by atoms with E-state index < -0.39 is 10.0 Å². The van der Waals surface area contributed by atoms with Crippen molar-refractivity contribution in [3.8, 4) is 0 Å². The van der Waals surface area contributed by atoms with Gasteiger partial charge in [0.25, 0.3) is 5.56 Å². The second-order valence-corrected chi connectivity index (χ2v) is 9.08. The van der Waals surface area contributed by atoms with Crippen molar-refractivity contribution in [2.45, 2.75) is 38.3 Å². The number of hydrogen-bond acceptors (Lipinski definition) is 5. The zero-order valence-corrected chi connectivity index (χ0v) is 18.6.